The van der Waals surface area contributed by atoms with E-state index in [2.05, 4.69) is 30.3 Å². The monoisotopic (exact) mass is 501 g/mol. The third kappa shape index (κ3) is 4.02. The molecule has 0 atom stereocenters. The highest BCUT2D eigenvalue weighted by Gasteiger charge is 2.20. The molecule has 0 aliphatic carbocycles. The second-order valence-corrected chi connectivity index (χ2v) is 9.19. The first-order chi connectivity index (χ1) is 17.9. The topological polar surface area (TPSA) is 132 Å². The average molecular weight is 502 g/mol. The van der Waals surface area contributed by atoms with Crippen LogP contribution in [0, 0.1) is 5.82 Å². The van der Waals surface area contributed by atoms with Crippen LogP contribution in [0.3, 0.4) is 0 Å². The average Bonchev–Trinajstić information content (AvgIpc) is 3.19. The van der Waals surface area contributed by atoms with Gasteiger partial charge < -0.3 is 20.3 Å². The Labute approximate surface area is 209 Å². The van der Waals surface area contributed by atoms with Gasteiger partial charge in [0.25, 0.3) is 11.1 Å². The number of nitrogens with one attached hydrogen (secondary N) is 3. The van der Waals surface area contributed by atoms with Gasteiger partial charge in [0, 0.05) is 31.9 Å². The molecule has 1 aliphatic rings. The minimum Gasteiger partial charge on any atom is -0.393 e. The molecule has 0 amide bonds. The Morgan fingerprint density at radius 2 is 1.92 bits per heavy atom. The first kappa shape index (κ1) is 22.9. The van der Waals surface area contributed by atoms with E-state index in [1.54, 1.807) is 36.5 Å². The maximum Gasteiger partial charge on any atom is 0.277 e. The van der Waals surface area contributed by atoms with Crippen LogP contribution in [0.25, 0.3) is 33.1 Å². The molecule has 0 saturated carbocycles. The highest BCUT2D eigenvalue weighted by Crippen LogP contribution is 2.32. The van der Waals surface area contributed by atoms with E-state index in [0.717, 1.165) is 18.8 Å². The fraction of sp³-hybridized carbons (Fsp3) is 0.231. The van der Waals surface area contributed by atoms with E-state index < -0.39 is 11.4 Å². The largest absolute Gasteiger partial charge is 0.393 e. The SMILES string of the molecule is Cn1[nH]c2ccc(-c3cc(Nc4ccc(N5CCC(O)CC5)cn4)c4c(=O)[nH]ccc4n3)c(F)c2c1=O. The molecular weight excluding hydrogens is 477 g/mol. The van der Waals surface area contributed by atoms with Crippen LogP contribution in [0.2, 0.25) is 0 Å². The molecule has 1 fully saturated rings. The van der Waals surface area contributed by atoms with Gasteiger partial charge in [0.1, 0.15) is 17.0 Å². The number of nitrogens with zero attached hydrogens (tertiary/aromatic N) is 4. The lowest BCUT2D eigenvalue weighted by atomic mass is 10.1. The molecule has 0 spiro atoms. The van der Waals surface area contributed by atoms with Crippen LogP contribution in [0.15, 0.2) is 58.4 Å². The maximum atomic E-state index is 15.5. The zero-order chi connectivity index (χ0) is 25.7. The molecule has 5 aromatic rings. The van der Waals surface area contributed by atoms with Crippen LogP contribution in [0.4, 0.5) is 21.6 Å². The van der Waals surface area contributed by atoms with E-state index in [9.17, 15) is 14.7 Å². The van der Waals surface area contributed by atoms with Gasteiger partial charge in [0.05, 0.1) is 45.8 Å². The molecule has 6 rings (SSSR count). The molecule has 4 N–H and O–H groups in total. The fourth-order valence-electron chi connectivity index (χ4n) is 4.81. The third-order valence-electron chi connectivity index (χ3n) is 6.79. The second-order valence-electron chi connectivity index (χ2n) is 9.19. The van der Waals surface area contributed by atoms with Crippen molar-refractivity contribution in [2.24, 2.45) is 7.05 Å². The zero-order valence-electron chi connectivity index (χ0n) is 20.0. The minimum atomic E-state index is -0.684. The Kier molecular flexibility index (Phi) is 5.49. The van der Waals surface area contributed by atoms with E-state index in [1.165, 1.54) is 17.9 Å². The van der Waals surface area contributed by atoms with Crippen LogP contribution in [0.5, 0.6) is 0 Å². The summed E-state index contributed by atoms with van der Waals surface area (Å²) in [4.78, 5) is 39.0. The number of pyridine rings is 3. The molecule has 5 heterocycles. The number of H-pyrrole nitrogens is 2. The van der Waals surface area contributed by atoms with Gasteiger partial charge in [0.2, 0.25) is 0 Å². The molecule has 4 aromatic heterocycles. The molecule has 0 unspecified atom stereocenters. The Bertz CT molecular complexity index is 1750. The minimum absolute atomic E-state index is 0.0511. The van der Waals surface area contributed by atoms with Crippen molar-refractivity contribution in [1.29, 1.82) is 0 Å². The van der Waals surface area contributed by atoms with Crippen molar-refractivity contribution in [3.8, 4) is 11.3 Å². The molecule has 0 radical (unpaired) electrons. The normalized spacial score (nSPS) is 14.5. The van der Waals surface area contributed by atoms with Gasteiger partial charge in [-0.1, -0.05) is 0 Å². The highest BCUT2D eigenvalue weighted by molar-refractivity contribution is 5.95. The number of aromatic amines is 2. The summed E-state index contributed by atoms with van der Waals surface area (Å²) in [7, 11) is 1.52. The number of aliphatic hydroxyl groups is 1. The first-order valence-corrected chi connectivity index (χ1v) is 11.9. The number of aryl methyl sites for hydroxylation is 1. The van der Waals surface area contributed by atoms with Crippen molar-refractivity contribution >= 4 is 39.0 Å². The van der Waals surface area contributed by atoms with Gasteiger partial charge in [0.15, 0.2) is 0 Å². The van der Waals surface area contributed by atoms with E-state index in [-0.39, 0.29) is 28.3 Å². The third-order valence-corrected chi connectivity index (χ3v) is 6.79. The number of rotatable bonds is 4. The van der Waals surface area contributed by atoms with Crippen LogP contribution in [-0.2, 0) is 7.05 Å². The van der Waals surface area contributed by atoms with Crippen molar-refractivity contribution in [3.63, 3.8) is 0 Å². The Hall–Kier alpha value is -4.51. The van der Waals surface area contributed by atoms with Gasteiger partial charge in [-0.05, 0) is 49.2 Å². The van der Waals surface area contributed by atoms with Crippen LogP contribution >= 0.6 is 0 Å². The van der Waals surface area contributed by atoms with E-state index in [0.29, 0.717) is 40.8 Å². The molecule has 1 aromatic carbocycles. The Morgan fingerprint density at radius 1 is 1.11 bits per heavy atom. The smallest absolute Gasteiger partial charge is 0.277 e. The lowest BCUT2D eigenvalue weighted by Crippen LogP contribution is -2.35. The molecular formula is C26H24FN7O3. The molecule has 1 saturated heterocycles. The van der Waals surface area contributed by atoms with Crippen LogP contribution < -0.4 is 21.3 Å². The molecule has 11 heteroatoms. The van der Waals surface area contributed by atoms with Crippen molar-refractivity contribution in [3.05, 3.63) is 75.3 Å². The number of aromatic nitrogens is 5. The number of piperidine rings is 1. The number of aliphatic hydroxyl groups excluding tert-OH is 1. The van der Waals surface area contributed by atoms with Crippen molar-refractivity contribution < 1.29 is 9.50 Å². The van der Waals surface area contributed by atoms with Gasteiger partial charge in [-0.25, -0.2) is 14.4 Å². The summed E-state index contributed by atoms with van der Waals surface area (Å²) in [6.45, 7) is 1.51. The fourth-order valence-corrected chi connectivity index (χ4v) is 4.81. The molecule has 10 nitrogen and oxygen atoms in total. The van der Waals surface area contributed by atoms with Gasteiger partial charge in [-0.2, -0.15) is 0 Å². The summed E-state index contributed by atoms with van der Waals surface area (Å²) in [6.07, 6.45) is 4.39. The predicted octanol–water partition coefficient (Wildman–Crippen LogP) is 3.01. The Morgan fingerprint density at radius 3 is 2.68 bits per heavy atom. The number of hydrogen-bond acceptors (Lipinski definition) is 7. The number of anilines is 3. The van der Waals surface area contributed by atoms with Crippen molar-refractivity contribution in [2.45, 2.75) is 18.9 Å². The van der Waals surface area contributed by atoms with Gasteiger partial charge >= 0.3 is 0 Å². The lowest BCUT2D eigenvalue weighted by molar-refractivity contribution is 0.145. The number of fused-ring (bicyclic) bond motifs is 2. The summed E-state index contributed by atoms with van der Waals surface area (Å²) in [5.74, 6) is -0.186. The van der Waals surface area contributed by atoms with Crippen molar-refractivity contribution in [2.75, 3.05) is 23.3 Å². The van der Waals surface area contributed by atoms with Gasteiger partial charge in [-0.15, -0.1) is 0 Å². The number of halogens is 1. The van der Waals surface area contributed by atoms with Gasteiger partial charge in [-0.3, -0.25) is 19.4 Å². The lowest BCUT2D eigenvalue weighted by Gasteiger charge is -2.31. The number of hydrogen-bond donors (Lipinski definition) is 4. The summed E-state index contributed by atoms with van der Waals surface area (Å²) < 4.78 is 16.7. The summed E-state index contributed by atoms with van der Waals surface area (Å²) in [5.41, 5.74) is 1.70. The van der Waals surface area contributed by atoms with Crippen molar-refractivity contribution in [1.82, 2.24) is 24.7 Å². The standard InChI is InChI=1S/C26H24FN7O3/c1-33-26(37)23-18(32-33)4-3-16(24(23)27)19-12-20(22-17(30-19)6-9-28-25(22)36)31-21-5-2-14(13-29-21)34-10-7-15(35)8-11-34/h2-6,9,12-13,15,32,35H,7-8,10-11H2,1H3,(H,28,36)(H,29,30,31). The van der Waals surface area contributed by atoms with E-state index in [1.807, 2.05) is 6.07 Å². The predicted molar refractivity (Wildman–Crippen MR) is 140 cm³/mol. The summed E-state index contributed by atoms with van der Waals surface area (Å²) in [5, 5.41) is 16.0. The van der Waals surface area contributed by atoms with E-state index in [4.69, 9.17) is 0 Å². The Balaban J connectivity index is 1.41. The summed E-state index contributed by atoms with van der Waals surface area (Å²) in [6, 6.07) is 10.1. The maximum absolute atomic E-state index is 15.5. The first-order valence-electron chi connectivity index (χ1n) is 11.9. The highest BCUT2D eigenvalue weighted by atomic mass is 19.1. The molecule has 188 valence electrons. The van der Waals surface area contributed by atoms with E-state index >= 15 is 4.39 Å². The summed E-state index contributed by atoms with van der Waals surface area (Å²) >= 11 is 0. The number of benzene rings is 1. The molecule has 37 heavy (non-hydrogen) atoms. The van der Waals surface area contributed by atoms with Crippen LogP contribution in [-0.4, -0.2) is 49.0 Å². The van der Waals surface area contributed by atoms with Crippen LogP contribution in [0.1, 0.15) is 12.8 Å². The second kappa shape index (κ2) is 8.86. The zero-order valence-corrected chi connectivity index (χ0v) is 20.0. The molecule has 1 aliphatic heterocycles. The molecule has 0 bridgehead atoms. The quantitative estimate of drug-likeness (QED) is 0.298.